The predicted molar refractivity (Wildman–Crippen MR) is 97.7 cm³/mol. The Hall–Kier alpha value is -2.70. The number of imidazole rings is 1. The van der Waals surface area contributed by atoms with Crippen molar-refractivity contribution in [1.29, 1.82) is 0 Å². The summed E-state index contributed by atoms with van der Waals surface area (Å²) in [7, 11) is 0. The summed E-state index contributed by atoms with van der Waals surface area (Å²) in [6, 6.07) is 4.08. The molecule has 26 heavy (non-hydrogen) atoms. The zero-order valence-corrected chi connectivity index (χ0v) is 15.5. The van der Waals surface area contributed by atoms with Crippen molar-refractivity contribution in [3.8, 4) is 0 Å². The Morgan fingerprint density at radius 1 is 1.19 bits per heavy atom. The molecule has 0 N–H and O–H groups in total. The number of amides is 1. The van der Waals surface area contributed by atoms with E-state index in [1.165, 1.54) is 0 Å². The summed E-state index contributed by atoms with van der Waals surface area (Å²) in [6.45, 7) is 7.02. The lowest BCUT2D eigenvalue weighted by molar-refractivity contribution is -0.136. The van der Waals surface area contributed by atoms with Gasteiger partial charge in [0.05, 0.1) is 17.4 Å². The Kier molecular flexibility index (Phi) is 4.22. The summed E-state index contributed by atoms with van der Waals surface area (Å²) >= 11 is 0. The molecule has 1 fully saturated rings. The van der Waals surface area contributed by atoms with E-state index in [4.69, 9.17) is 4.98 Å². The molecule has 0 spiro atoms. The van der Waals surface area contributed by atoms with Gasteiger partial charge < -0.3 is 4.90 Å². The average Bonchev–Trinajstić information content (AvgIpc) is 3.21. The van der Waals surface area contributed by atoms with Crippen LogP contribution in [0.2, 0.25) is 0 Å². The Labute approximate surface area is 152 Å². The lowest BCUT2D eigenvalue weighted by Gasteiger charge is -2.35. The van der Waals surface area contributed by atoms with Crippen molar-refractivity contribution in [1.82, 2.24) is 29.0 Å². The smallest absolute Gasteiger partial charge is 0.244 e. The standard InChI is InChI=1S/C19H24N6O/c1-13-10-15(3)25(22-13)12-18(26)24-8-5-4-6-17(24)16-11-14(2)23-9-7-20-19(23)21-16/h7,9-11,17H,4-6,8,12H2,1-3H3/t17-/m0/s1. The summed E-state index contributed by atoms with van der Waals surface area (Å²) in [5, 5.41) is 4.43. The van der Waals surface area contributed by atoms with Crippen LogP contribution in [0.3, 0.4) is 0 Å². The molecule has 1 saturated heterocycles. The molecular weight excluding hydrogens is 328 g/mol. The molecule has 0 bridgehead atoms. The maximum atomic E-state index is 13.0. The molecule has 0 saturated carbocycles. The van der Waals surface area contributed by atoms with Gasteiger partial charge in [-0.1, -0.05) is 0 Å². The monoisotopic (exact) mass is 352 g/mol. The van der Waals surface area contributed by atoms with Crippen molar-refractivity contribution >= 4 is 11.7 Å². The number of carbonyl (C=O) groups is 1. The topological polar surface area (TPSA) is 68.3 Å². The van der Waals surface area contributed by atoms with Crippen molar-refractivity contribution in [2.75, 3.05) is 6.54 Å². The van der Waals surface area contributed by atoms with Crippen LogP contribution in [0.5, 0.6) is 0 Å². The molecule has 4 heterocycles. The van der Waals surface area contributed by atoms with E-state index in [9.17, 15) is 4.79 Å². The lowest BCUT2D eigenvalue weighted by Crippen LogP contribution is -2.41. The molecule has 0 aliphatic carbocycles. The van der Waals surface area contributed by atoms with Gasteiger partial charge in [0.1, 0.15) is 6.54 Å². The van der Waals surface area contributed by atoms with Crippen LogP contribution in [-0.2, 0) is 11.3 Å². The van der Waals surface area contributed by atoms with E-state index < -0.39 is 0 Å². The van der Waals surface area contributed by atoms with Gasteiger partial charge in [0.15, 0.2) is 0 Å². The van der Waals surface area contributed by atoms with Gasteiger partial charge in [0.25, 0.3) is 0 Å². The minimum atomic E-state index is 0.00798. The first kappa shape index (κ1) is 16.8. The minimum absolute atomic E-state index is 0.00798. The second-order valence-electron chi connectivity index (χ2n) is 7.10. The SMILES string of the molecule is Cc1cc(C)n(CC(=O)N2CCCC[C@H]2c2cc(C)n3ccnc3n2)n1. The molecule has 4 rings (SSSR count). The van der Waals surface area contributed by atoms with E-state index >= 15 is 0 Å². The molecular formula is C19H24N6O. The third-order valence-corrected chi connectivity index (χ3v) is 5.14. The number of carbonyl (C=O) groups excluding carboxylic acids is 1. The normalized spacial score (nSPS) is 17.8. The molecule has 7 nitrogen and oxygen atoms in total. The largest absolute Gasteiger partial charge is 0.332 e. The summed E-state index contributed by atoms with van der Waals surface area (Å²) in [4.78, 5) is 24.0. The van der Waals surface area contributed by atoms with Gasteiger partial charge in [-0.3, -0.25) is 13.9 Å². The molecule has 0 aromatic carbocycles. The Morgan fingerprint density at radius 3 is 2.81 bits per heavy atom. The molecule has 1 aliphatic heterocycles. The van der Waals surface area contributed by atoms with E-state index in [0.29, 0.717) is 5.78 Å². The van der Waals surface area contributed by atoms with Crippen molar-refractivity contribution in [3.05, 3.63) is 47.3 Å². The highest BCUT2D eigenvalue weighted by atomic mass is 16.2. The van der Waals surface area contributed by atoms with Gasteiger partial charge in [0, 0.05) is 30.3 Å². The number of fused-ring (bicyclic) bond motifs is 1. The van der Waals surface area contributed by atoms with Crippen LogP contribution in [0, 0.1) is 20.8 Å². The zero-order chi connectivity index (χ0) is 18.3. The first-order valence-electron chi connectivity index (χ1n) is 9.14. The quantitative estimate of drug-likeness (QED) is 0.727. The number of aromatic nitrogens is 5. The molecule has 0 radical (unpaired) electrons. The predicted octanol–water partition coefficient (Wildman–Crippen LogP) is 2.60. The lowest BCUT2D eigenvalue weighted by atomic mass is 9.98. The third kappa shape index (κ3) is 2.98. The molecule has 0 unspecified atom stereocenters. The summed E-state index contributed by atoms with van der Waals surface area (Å²) in [5.74, 6) is 0.792. The second kappa shape index (κ2) is 6.55. The van der Waals surface area contributed by atoms with Crippen molar-refractivity contribution in [2.24, 2.45) is 0 Å². The van der Waals surface area contributed by atoms with Crippen LogP contribution in [0.15, 0.2) is 24.5 Å². The minimum Gasteiger partial charge on any atom is -0.332 e. The van der Waals surface area contributed by atoms with E-state index in [1.807, 2.05) is 42.3 Å². The van der Waals surface area contributed by atoms with Crippen LogP contribution in [-0.4, -0.2) is 41.5 Å². The second-order valence-corrected chi connectivity index (χ2v) is 7.10. The van der Waals surface area contributed by atoms with Gasteiger partial charge in [-0.15, -0.1) is 0 Å². The molecule has 1 atom stereocenters. The number of hydrogen-bond acceptors (Lipinski definition) is 4. The number of nitrogens with zero attached hydrogens (tertiary/aromatic N) is 6. The fraction of sp³-hybridized carbons (Fsp3) is 0.474. The zero-order valence-electron chi connectivity index (χ0n) is 15.5. The Balaban J connectivity index is 1.63. The fourth-order valence-electron chi connectivity index (χ4n) is 3.85. The van der Waals surface area contributed by atoms with Crippen LogP contribution in [0.1, 0.15) is 48.1 Å². The van der Waals surface area contributed by atoms with Gasteiger partial charge in [0.2, 0.25) is 11.7 Å². The fourth-order valence-corrected chi connectivity index (χ4v) is 3.85. The van der Waals surface area contributed by atoms with Gasteiger partial charge >= 0.3 is 0 Å². The number of piperidine rings is 1. The summed E-state index contributed by atoms with van der Waals surface area (Å²) in [6.07, 6.45) is 6.74. The highest BCUT2D eigenvalue weighted by molar-refractivity contribution is 5.76. The van der Waals surface area contributed by atoms with Crippen molar-refractivity contribution in [2.45, 2.75) is 52.6 Å². The highest BCUT2D eigenvalue weighted by Crippen LogP contribution is 2.30. The molecule has 1 amide bonds. The first-order chi connectivity index (χ1) is 12.5. The van der Waals surface area contributed by atoms with Crippen molar-refractivity contribution in [3.63, 3.8) is 0 Å². The Morgan fingerprint density at radius 2 is 2.04 bits per heavy atom. The molecule has 3 aromatic rings. The number of hydrogen-bond donors (Lipinski definition) is 0. The van der Waals surface area contributed by atoms with Crippen LogP contribution in [0.25, 0.3) is 5.78 Å². The molecule has 1 aliphatic rings. The molecule has 7 heteroatoms. The number of rotatable bonds is 3. The average molecular weight is 352 g/mol. The van der Waals surface area contributed by atoms with Gasteiger partial charge in [-0.2, -0.15) is 5.10 Å². The summed E-state index contributed by atoms with van der Waals surface area (Å²) < 4.78 is 3.76. The number of aryl methyl sites for hydroxylation is 3. The maximum absolute atomic E-state index is 13.0. The summed E-state index contributed by atoms with van der Waals surface area (Å²) in [5.41, 5.74) is 3.96. The highest BCUT2D eigenvalue weighted by Gasteiger charge is 2.30. The first-order valence-corrected chi connectivity index (χ1v) is 9.14. The van der Waals surface area contributed by atoms with E-state index in [2.05, 4.69) is 16.1 Å². The van der Waals surface area contributed by atoms with E-state index in [-0.39, 0.29) is 18.5 Å². The molecule has 3 aromatic heterocycles. The molecule has 136 valence electrons. The van der Waals surface area contributed by atoms with Crippen molar-refractivity contribution < 1.29 is 4.79 Å². The van der Waals surface area contributed by atoms with Crippen LogP contribution >= 0.6 is 0 Å². The van der Waals surface area contributed by atoms with Crippen LogP contribution < -0.4 is 0 Å². The Bertz CT molecular complexity index is 956. The van der Waals surface area contributed by atoms with E-state index in [0.717, 1.165) is 48.6 Å². The van der Waals surface area contributed by atoms with E-state index in [1.54, 1.807) is 10.9 Å². The maximum Gasteiger partial charge on any atom is 0.244 e. The van der Waals surface area contributed by atoms with Gasteiger partial charge in [-0.05, 0) is 52.2 Å². The van der Waals surface area contributed by atoms with Gasteiger partial charge in [-0.25, -0.2) is 9.97 Å². The third-order valence-electron chi connectivity index (χ3n) is 5.14. The number of likely N-dealkylation sites (tertiary alicyclic amines) is 1. The van der Waals surface area contributed by atoms with Crippen LogP contribution in [0.4, 0.5) is 0 Å².